The summed E-state index contributed by atoms with van der Waals surface area (Å²) in [5, 5.41) is 36.0. The Morgan fingerprint density at radius 2 is 0.816 bits per heavy atom. The fraction of sp³-hybridized carbons (Fsp3) is 0.560. The highest BCUT2D eigenvalue weighted by molar-refractivity contribution is 5.99. The van der Waals surface area contributed by atoms with Crippen LogP contribution in [0.2, 0.25) is 0 Å². The van der Waals surface area contributed by atoms with Gasteiger partial charge >= 0.3 is 0 Å². The molecule has 1 rings (SSSR count). The summed E-state index contributed by atoms with van der Waals surface area (Å²) in [4.78, 5) is 136. The van der Waals surface area contributed by atoms with Gasteiger partial charge in [0.2, 0.25) is 65.0 Å². The van der Waals surface area contributed by atoms with E-state index in [-0.39, 0.29) is 0 Å². The Kier molecular flexibility index (Phi) is 16.5. The van der Waals surface area contributed by atoms with Gasteiger partial charge in [-0.2, -0.15) is 0 Å². The second-order valence-corrected chi connectivity index (χ2v) is 10.5. The molecule has 0 aromatic carbocycles. The van der Waals surface area contributed by atoms with E-state index in [1.54, 1.807) is 0 Å². The van der Waals surface area contributed by atoms with E-state index in [4.69, 9.17) is 17.2 Å². The second kappa shape index (κ2) is 19.7. The van der Waals surface area contributed by atoms with Crippen molar-refractivity contribution in [2.45, 2.75) is 62.4 Å². The monoisotopic (exact) mass is 701 g/mol. The molecule has 6 atom stereocenters. The van der Waals surface area contributed by atoms with Crippen LogP contribution in [0.4, 0.5) is 0 Å². The largest absolute Gasteiger partial charge is 0.394 e. The first-order valence-corrected chi connectivity index (χ1v) is 14.3. The number of rotatable bonds is 8. The molecule has 24 heteroatoms. The van der Waals surface area contributed by atoms with E-state index in [0.29, 0.717) is 0 Å². The van der Waals surface area contributed by atoms with Crippen LogP contribution in [0, 0.1) is 0 Å². The van der Waals surface area contributed by atoms with Crippen molar-refractivity contribution in [3.8, 4) is 0 Å². The molecule has 0 spiro atoms. The van der Waals surface area contributed by atoms with Gasteiger partial charge in [-0.05, 0) is 6.92 Å². The van der Waals surface area contributed by atoms with Crippen molar-refractivity contribution in [2.24, 2.45) is 17.2 Å². The Labute approximate surface area is 276 Å². The van der Waals surface area contributed by atoms with Crippen LogP contribution in [-0.4, -0.2) is 138 Å². The number of nitrogens with two attached hydrogens (primary N) is 3. The Morgan fingerprint density at radius 1 is 0.510 bits per heavy atom. The van der Waals surface area contributed by atoms with Crippen LogP contribution in [0.3, 0.4) is 0 Å². The third-order valence-corrected chi connectivity index (χ3v) is 6.38. The first-order valence-electron chi connectivity index (χ1n) is 14.3. The van der Waals surface area contributed by atoms with Crippen molar-refractivity contribution in [1.29, 1.82) is 0 Å². The van der Waals surface area contributed by atoms with Crippen LogP contribution in [0.1, 0.15) is 26.2 Å². The Morgan fingerprint density at radius 3 is 1.22 bits per heavy atom. The van der Waals surface area contributed by atoms with Gasteiger partial charge in [0.25, 0.3) is 0 Å². The number of aliphatic hydroxyl groups is 2. The molecule has 0 aliphatic carbocycles. The van der Waals surface area contributed by atoms with Gasteiger partial charge < -0.3 is 69.9 Å². The highest BCUT2D eigenvalue weighted by Gasteiger charge is 2.32. The van der Waals surface area contributed by atoms with Gasteiger partial charge in [-0.15, -0.1) is 0 Å². The van der Waals surface area contributed by atoms with Gasteiger partial charge in [0.1, 0.15) is 36.3 Å². The molecule has 272 valence electrons. The van der Waals surface area contributed by atoms with Crippen molar-refractivity contribution in [3.63, 3.8) is 0 Å². The van der Waals surface area contributed by atoms with Crippen molar-refractivity contribution < 1.29 is 63.0 Å². The maximum absolute atomic E-state index is 12.9. The van der Waals surface area contributed by atoms with Crippen LogP contribution in [0.15, 0.2) is 0 Å². The molecule has 24 nitrogen and oxygen atoms in total. The predicted octanol–water partition coefficient (Wildman–Crippen LogP) is -10.2. The van der Waals surface area contributed by atoms with E-state index in [9.17, 15) is 63.0 Å². The number of primary amides is 3. The quantitative estimate of drug-likeness (QED) is 0.112. The lowest BCUT2D eigenvalue weighted by Gasteiger charge is -2.24. The minimum atomic E-state index is -1.86. The van der Waals surface area contributed by atoms with E-state index in [1.807, 2.05) is 10.6 Å². The number of hydrogen-bond acceptors (Lipinski definition) is 13. The van der Waals surface area contributed by atoms with E-state index >= 15 is 0 Å². The maximum atomic E-state index is 12.9. The van der Waals surface area contributed by atoms with Gasteiger partial charge in [-0.25, -0.2) is 0 Å². The SMILES string of the molecule is C[C@@H]1NC(=O)[C@H](CO)NC(=O)CNC(=O)[C@H](CC(N)=O)NC(=O)[C@H](CO)NC(=O)[C@H](CC(N)=O)NC(=O)CNC(=O)[C@H](CC(N)=O)NC1=O. The number of carbonyl (C=O) groups is 11. The van der Waals surface area contributed by atoms with E-state index in [0.717, 1.165) is 6.92 Å². The molecule has 1 heterocycles. The van der Waals surface area contributed by atoms with Crippen LogP contribution < -0.4 is 59.7 Å². The minimum Gasteiger partial charge on any atom is -0.394 e. The molecule has 11 amide bonds. The Bertz CT molecular complexity index is 1340. The molecule has 1 aliphatic heterocycles. The average Bonchev–Trinajstić information content (AvgIpc) is 3.01. The van der Waals surface area contributed by atoms with Crippen LogP contribution in [-0.2, 0) is 52.7 Å². The fourth-order valence-electron chi connectivity index (χ4n) is 3.91. The van der Waals surface area contributed by atoms with Gasteiger partial charge in [0, 0.05) is 0 Å². The number of hydrogen-bond donors (Lipinski definition) is 13. The van der Waals surface area contributed by atoms with Crippen molar-refractivity contribution in [2.75, 3.05) is 26.3 Å². The van der Waals surface area contributed by atoms with Gasteiger partial charge in [0.15, 0.2) is 0 Å². The molecular formula is C25H39N11O13. The molecule has 1 aliphatic rings. The van der Waals surface area contributed by atoms with Crippen molar-refractivity contribution in [3.05, 3.63) is 0 Å². The molecule has 1 saturated heterocycles. The number of aliphatic hydroxyl groups excluding tert-OH is 2. The zero-order chi connectivity index (χ0) is 37.4. The molecule has 0 aromatic rings. The summed E-state index contributed by atoms with van der Waals surface area (Å²) in [6.45, 7) is -2.77. The molecule has 0 unspecified atom stereocenters. The highest BCUT2D eigenvalue weighted by atomic mass is 16.3. The van der Waals surface area contributed by atoms with Crippen LogP contribution in [0.5, 0.6) is 0 Å². The molecule has 16 N–H and O–H groups in total. The minimum absolute atomic E-state index is 0.779. The van der Waals surface area contributed by atoms with E-state index in [1.165, 1.54) is 0 Å². The zero-order valence-electron chi connectivity index (χ0n) is 26.0. The summed E-state index contributed by atoms with van der Waals surface area (Å²) in [5.41, 5.74) is 15.4. The number of amides is 11. The lowest BCUT2D eigenvalue weighted by molar-refractivity contribution is -0.136. The topological polar surface area (TPSA) is 403 Å². The first-order chi connectivity index (χ1) is 22.9. The van der Waals surface area contributed by atoms with Gasteiger partial charge in [0.05, 0.1) is 45.6 Å². The lowest BCUT2D eigenvalue weighted by Crippen LogP contribution is -2.60. The first kappa shape index (κ1) is 41.1. The third-order valence-electron chi connectivity index (χ3n) is 6.38. The zero-order valence-corrected chi connectivity index (χ0v) is 26.0. The Hall–Kier alpha value is -5.91. The number of nitrogens with one attached hydrogen (secondary N) is 8. The third kappa shape index (κ3) is 14.6. The molecule has 0 saturated carbocycles. The fourth-order valence-corrected chi connectivity index (χ4v) is 3.91. The van der Waals surface area contributed by atoms with Crippen molar-refractivity contribution >= 4 is 65.0 Å². The van der Waals surface area contributed by atoms with Crippen LogP contribution in [0.25, 0.3) is 0 Å². The smallest absolute Gasteiger partial charge is 0.245 e. The predicted molar refractivity (Wildman–Crippen MR) is 159 cm³/mol. The van der Waals surface area contributed by atoms with E-state index in [2.05, 4.69) is 31.9 Å². The van der Waals surface area contributed by atoms with Gasteiger partial charge in [-0.1, -0.05) is 0 Å². The summed E-state index contributed by atoms with van der Waals surface area (Å²) in [6.07, 6.45) is -2.46. The Balaban J connectivity index is 3.43. The second-order valence-electron chi connectivity index (χ2n) is 10.5. The summed E-state index contributed by atoms with van der Waals surface area (Å²) >= 11 is 0. The summed E-state index contributed by atoms with van der Waals surface area (Å²) < 4.78 is 0. The standard InChI is InChI=1S/C25H39N11O13/c1-9-20(44)34-10(2-15(26)39)21(45)29-5-18(42)32-12(4-17(28)41)23(47)36-14(8-38)25(49)35-11(3-16(27)40)22(46)30-6-19(43)33-13(7-37)24(48)31-9/h9-14,37-38H,2-8H2,1H3,(H2,26,39)(H2,27,40)(H2,28,41)(H,29,45)(H,30,46)(H,31,48)(H,32,42)(H,33,43)(H,34,44)(H,35,49)(H,36,47)/t9-,10-,11-,12-,13-,14-/m0/s1. The summed E-state index contributed by atoms with van der Waals surface area (Å²) in [6, 6.07) is -10.2. The normalized spacial score (nSPS) is 25.8. The molecule has 0 aromatic heterocycles. The van der Waals surface area contributed by atoms with Crippen LogP contribution >= 0.6 is 0 Å². The van der Waals surface area contributed by atoms with Gasteiger partial charge in [-0.3, -0.25) is 52.7 Å². The maximum Gasteiger partial charge on any atom is 0.245 e. The summed E-state index contributed by atoms with van der Waals surface area (Å²) in [7, 11) is 0. The highest BCUT2D eigenvalue weighted by Crippen LogP contribution is 2.00. The van der Waals surface area contributed by atoms with Crippen molar-refractivity contribution in [1.82, 2.24) is 42.5 Å². The average molecular weight is 702 g/mol. The lowest BCUT2D eigenvalue weighted by atomic mass is 10.1. The molecule has 0 radical (unpaired) electrons. The molecular weight excluding hydrogens is 662 g/mol. The van der Waals surface area contributed by atoms with E-state index < -0.39 is 147 Å². The molecule has 0 bridgehead atoms. The molecule has 1 fully saturated rings. The molecule has 49 heavy (non-hydrogen) atoms. The number of carbonyl (C=O) groups excluding carboxylic acids is 11. The summed E-state index contributed by atoms with van der Waals surface area (Å²) in [5.74, 6) is -12.4.